The molecule has 7 heteroatoms. The summed E-state index contributed by atoms with van der Waals surface area (Å²) in [6.45, 7) is 1.88. The lowest BCUT2D eigenvalue weighted by atomic mass is 9.98. The van der Waals surface area contributed by atoms with E-state index in [0.29, 0.717) is 26.4 Å². The van der Waals surface area contributed by atoms with Gasteiger partial charge in [0.2, 0.25) is 0 Å². The van der Waals surface area contributed by atoms with E-state index in [4.69, 9.17) is 27.5 Å². The molecule has 0 N–H and O–H groups in total. The maximum Gasteiger partial charge on any atom is 0.199 e. The first-order valence-electron chi connectivity index (χ1n) is 13.8. The maximum atomic E-state index is 6.61. The molecule has 1 aliphatic heterocycles. The minimum Gasteiger partial charge on any atom is -0.374 e. The van der Waals surface area contributed by atoms with Gasteiger partial charge < -0.3 is 23.7 Å². The zero-order valence-electron chi connectivity index (χ0n) is 22.8. The van der Waals surface area contributed by atoms with Crippen LogP contribution in [-0.4, -0.2) is 37.3 Å². The zero-order chi connectivity index (χ0) is 28.1. The van der Waals surface area contributed by atoms with Gasteiger partial charge in [-0.1, -0.05) is 121 Å². The molecule has 0 radical (unpaired) electrons. The molecule has 41 heavy (non-hydrogen) atoms. The van der Waals surface area contributed by atoms with Crippen LogP contribution < -0.4 is 0 Å². The predicted molar refractivity (Wildman–Crippen MR) is 160 cm³/mol. The van der Waals surface area contributed by atoms with E-state index in [1.165, 1.54) is 0 Å². The lowest BCUT2D eigenvalue weighted by Crippen LogP contribution is -2.61. The monoisotopic (exact) mass is 618 g/mol. The van der Waals surface area contributed by atoms with E-state index in [1.54, 1.807) is 0 Å². The number of rotatable bonds is 14. The van der Waals surface area contributed by atoms with E-state index in [0.717, 1.165) is 22.3 Å². The smallest absolute Gasteiger partial charge is 0.199 e. The molecule has 0 amide bonds. The van der Waals surface area contributed by atoms with Gasteiger partial charge in [-0.25, -0.2) is 0 Å². The van der Waals surface area contributed by atoms with Gasteiger partial charge in [-0.05, 0) is 22.3 Å². The van der Waals surface area contributed by atoms with Gasteiger partial charge in [0.15, 0.2) is 6.29 Å². The van der Waals surface area contributed by atoms with Gasteiger partial charge >= 0.3 is 0 Å². The fourth-order valence-corrected chi connectivity index (χ4v) is 5.12. The first-order valence-corrected chi connectivity index (χ1v) is 14.5. The lowest BCUT2D eigenvalue weighted by Gasteiger charge is -2.45. The van der Waals surface area contributed by atoms with Crippen LogP contribution in [0.3, 0.4) is 0 Å². The Balaban J connectivity index is 1.38. The fraction of sp³-hybridized carbons (Fsp3) is 0.294. The first kappa shape index (κ1) is 29.6. The Bertz CT molecular complexity index is 1260. The normalized spacial score (nSPS) is 22.4. The summed E-state index contributed by atoms with van der Waals surface area (Å²) >= 11 is 3.19. The number of ether oxygens (including phenoxy) is 5. The Kier molecular flexibility index (Phi) is 11.5. The molecule has 1 heterocycles. The summed E-state index contributed by atoms with van der Waals surface area (Å²) in [5.41, 5.74) is 4.23. The summed E-state index contributed by atoms with van der Waals surface area (Å²) in [7, 11) is 0. The van der Waals surface area contributed by atoms with Crippen LogP contribution in [0.2, 0.25) is 0 Å². The minimum atomic E-state index is -0.749. The average molecular weight is 620 g/mol. The summed E-state index contributed by atoms with van der Waals surface area (Å²) in [6.07, 6.45) is -2.80. The molecular weight excluding hydrogens is 584 g/mol. The van der Waals surface area contributed by atoms with Crippen LogP contribution in [0.15, 0.2) is 121 Å². The molecule has 0 aromatic heterocycles. The van der Waals surface area contributed by atoms with Crippen LogP contribution in [0.4, 0.5) is 0 Å². The summed E-state index contributed by atoms with van der Waals surface area (Å²) in [4.78, 5) is 0. The van der Waals surface area contributed by atoms with Crippen LogP contribution in [0.5, 0.6) is 0 Å². The molecule has 1 fully saturated rings. The van der Waals surface area contributed by atoms with Crippen molar-refractivity contribution in [2.24, 2.45) is 0 Å². The maximum absolute atomic E-state index is 6.61. The molecule has 4 aromatic rings. The average Bonchev–Trinajstić information content (AvgIpc) is 3.04. The highest BCUT2D eigenvalue weighted by molar-refractivity contribution is 9.06. The van der Waals surface area contributed by atoms with Crippen LogP contribution in [0, 0.1) is 0 Å². The molecule has 5 rings (SSSR count). The van der Waals surface area contributed by atoms with E-state index < -0.39 is 30.7 Å². The molecule has 0 unspecified atom stereocenters. The number of benzene rings is 4. The molecule has 0 aliphatic carbocycles. The second-order valence-corrected chi connectivity index (χ2v) is 10.3. The topological polar surface area (TPSA) is 55.4 Å². The van der Waals surface area contributed by atoms with Gasteiger partial charge in [0.05, 0.1) is 33.0 Å². The molecule has 6 nitrogen and oxygen atoms in total. The third-order valence-electron chi connectivity index (χ3n) is 6.93. The Morgan fingerprint density at radius 3 is 1.32 bits per heavy atom. The van der Waals surface area contributed by atoms with E-state index in [1.807, 2.05) is 121 Å². The zero-order valence-corrected chi connectivity index (χ0v) is 24.4. The lowest BCUT2D eigenvalue weighted by molar-refractivity contribution is -0.306. The molecular formula is C34H35BrO6. The van der Waals surface area contributed by atoms with Crippen molar-refractivity contribution in [1.82, 2.24) is 0 Å². The summed E-state index contributed by atoms with van der Waals surface area (Å²) in [6, 6.07) is 40.2. The summed E-state index contributed by atoms with van der Waals surface area (Å²) in [5, 5.41) is 0. The molecule has 0 bridgehead atoms. The van der Waals surface area contributed by atoms with Gasteiger partial charge in [0, 0.05) is 0 Å². The van der Waals surface area contributed by atoms with Gasteiger partial charge in [-0.15, -0.1) is 0 Å². The van der Waals surface area contributed by atoms with Crippen molar-refractivity contribution in [1.29, 1.82) is 0 Å². The second-order valence-electron chi connectivity index (χ2n) is 9.92. The molecule has 0 saturated carbocycles. The molecule has 4 aromatic carbocycles. The SMILES string of the molecule is BrO[C@H]1O[C@H](COCc2ccccc2)[C@@H](OCc2ccccc2)[C@H](OCc2ccccc2)[C@H]1OCc1ccccc1. The van der Waals surface area contributed by atoms with E-state index in [2.05, 4.69) is 16.3 Å². The second kappa shape index (κ2) is 15.9. The van der Waals surface area contributed by atoms with Crippen molar-refractivity contribution < 1.29 is 27.5 Å². The highest BCUT2D eigenvalue weighted by atomic mass is 79.9. The third-order valence-corrected chi connectivity index (χ3v) is 7.30. The van der Waals surface area contributed by atoms with Crippen molar-refractivity contribution in [3.63, 3.8) is 0 Å². The fourth-order valence-electron chi connectivity index (χ4n) is 4.82. The summed E-state index contributed by atoms with van der Waals surface area (Å²) in [5.74, 6) is 0. The van der Waals surface area contributed by atoms with Crippen molar-refractivity contribution in [2.45, 2.75) is 57.1 Å². The van der Waals surface area contributed by atoms with Gasteiger partial charge in [0.1, 0.15) is 40.7 Å². The van der Waals surface area contributed by atoms with Gasteiger partial charge in [-0.2, -0.15) is 0 Å². The Morgan fingerprint density at radius 1 is 0.488 bits per heavy atom. The largest absolute Gasteiger partial charge is 0.374 e. The van der Waals surface area contributed by atoms with Crippen LogP contribution in [0.25, 0.3) is 0 Å². The van der Waals surface area contributed by atoms with E-state index in [9.17, 15) is 0 Å². The Labute approximate surface area is 250 Å². The predicted octanol–water partition coefficient (Wildman–Crippen LogP) is 7.01. The Hall–Kier alpha value is -2.88. The van der Waals surface area contributed by atoms with Crippen LogP contribution in [0.1, 0.15) is 22.3 Å². The molecule has 1 saturated heterocycles. The molecule has 0 spiro atoms. The van der Waals surface area contributed by atoms with Crippen molar-refractivity contribution >= 4 is 16.3 Å². The van der Waals surface area contributed by atoms with Crippen molar-refractivity contribution in [3.05, 3.63) is 144 Å². The van der Waals surface area contributed by atoms with Crippen LogP contribution in [-0.2, 0) is 53.9 Å². The first-order chi connectivity index (χ1) is 20.3. The number of halogens is 1. The van der Waals surface area contributed by atoms with Gasteiger partial charge in [0.25, 0.3) is 0 Å². The van der Waals surface area contributed by atoms with E-state index >= 15 is 0 Å². The van der Waals surface area contributed by atoms with Crippen molar-refractivity contribution in [2.75, 3.05) is 6.61 Å². The van der Waals surface area contributed by atoms with Gasteiger partial charge in [-0.3, -0.25) is 3.83 Å². The summed E-state index contributed by atoms with van der Waals surface area (Å²) < 4.78 is 37.9. The Morgan fingerprint density at radius 2 is 0.878 bits per heavy atom. The quantitative estimate of drug-likeness (QED) is 0.151. The highest BCUT2D eigenvalue weighted by Gasteiger charge is 2.49. The number of hydrogen-bond donors (Lipinski definition) is 0. The van der Waals surface area contributed by atoms with Crippen LogP contribution >= 0.6 is 16.3 Å². The molecule has 5 atom stereocenters. The minimum absolute atomic E-state index is 0.289. The standard InChI is InChI=1S/C34H35BrO6/c35-41-34-33(39-24-29-19-11-4-12-20-29)32(38-23-28-17-9-3-10-18-28)31(37-22-27-15-7-2-8-16-27)30(40-34)25-36-21-26-13-5-1-6-14-26/h1-20,30-34H,21-25H2/t30-,31-,32+,33-,34-/m1/s1. The molecule has 214 valence electrons. The molecule has 1 aliphatic rings. The third kappa shape index (κ3) is 8.80. The highest BCUT2D eigenvalue weighted by Crippen LogP contribution is 2.32. The van der Waals surface area contributed by atoms with E-state index in [-0.39, 0.29) is 6.61 Å². The van der Waals surface area contributed by atoms with Crippen molar-refractivity contribution in [3.8, 4) is 0 Å². The number of hydrogen-bond acceptors (Lipinski definition) is 6.